The van der Waals surface area contributed by atoms with Crippen molar-refractivity contribution in [3.63, 3.8) is 0 Å². The summed E-state index contributed by atoms with van der Waals surface area (Å²) in [6, 6.07) is 13.1. The molecule has 0 aromatic heterocycles. The van der Waals surface area contributed by atoms with Gasteiger partial charge in [0.15, 0.2) is 6.61 Å². The Kier molecular flexibility index (Phi) is 9.46. The van der Waals surface area contributed by atoms with Gasteiger partial charge in [0.1, 0.15) is 11.8 Å². The average Bonchev–Trinajstić information content (AvgIpc) is 2.88. The van der Waals surface area contributed by atoms with Gasteiger partial charge in [-0.15, -0.1) is 0 Å². The zero-order valence-electron chi connectivity index (χ0n) is 20.3. The number of hydrogen-bond acceptors (Lipinski definition) is 6. The summed E-state index contributed by atoms with van der Waals surface area (Å²) in [6.45, 7) is 1.84. The molecule has 0 bridgehead atoms. The molecular weight excluding hydrogens is 450 g/mol. The summed E-state index contributed by atoms with van der Waals surface area (Å²) in [7, 11) is 1.33. The van der Waals surface area contributed by atoms with Crippen LogP contribution < -0.4 is 14.8 Å². The van der Waals surface area contributed by atoms with Crippen molar-refractivity contribution in [1.29, 1.82) is 0 Å². The molecule has 0 heterocycles. The number of rotatable bonds is 11. The van der Waals surface area contributed by atoms with Crippen molar-refractivity contribution in [1.82, 2.24) is 10.2 Å². The first-order valence-corrected chi connectivity index (χ1v) is 12.0. The van der Waals surface area contributed by atoms with Crippen molar-refractivity contribution in [3.8, 4) is 11.5 Å². The maximum Gasteiger partial charge on any atom is 0.311 e. The van der Waals surface area contributed by atoms with Gasteiger partial charge in [0.05, 0.1) is 12.0 Å². The Morgan fingerprint density at radius 3 is 2.49 bits per heavy atom. The van der Waals surface area contributed by atoms with Crippen LogP contribution in [-0.2, 0) is 16.1 Å². The van der Waals surface area contributed by atoms with Crippen LogP contribution in [0, 0.1) is 10.1 Å². The molecule has 1 fully saturated rings. The van der Waals surface area contributed by atoms with Crippen LogP contribution in [0.3, 0.4) is 0 Å². The molecule has 1 unspecified atom stereocenters. The predicted molar refractivity (Wildman–Crippen MR) is 131 cm³/mol. The van der Waals surface area contributed by atoms with E-state index in [2.05, 4.69) is 5.32 Å². The molecule has 1 aliphatic rings. The van der Waals surface area contributed by atoms with Gasteiger partial charge in [-0.1, -0.05) is 56.5 Å². The Morgan fingerprint density at radius 2 is 1.86 bits per heavy atom. The summed E-state index contributed by atoms with van der Waals surface area (Å²) < 4.78 is 10.7. The standard InChI is InChI=1S/C26H33N3O6/c1-3-22(26(31)27-20-12-8-5-9-13-20)28(17-19-10-6-4-7-11-19)25(30)18-35-21-14-15-23(29(32)33)24(16-21)34-2/h4,6-7,10-11,14-16,20,22H,3,5,8-9,12-13,17-18H2,1-2H3,(H,27,31). The van der Waals surface area contributed by atoms with E-state index in [-0.39, 0.29) is 48.2 Å². The number of nitro groups is 1. The van der Waals surface area contributed by atoms with E-state index in [1.165, 1.54) is 31.7 Å². The van der Waals surface area contributed by atoms with E-state index in [0.717, 1.165) is 31.2 Å². The Balaban J connectivity index is 1.75. The molecule has 1 N–H and O–H groups in total. The van der Waals surface area contributed by atoms with Gasteiger partial charge in [-0.2, -0.15) is 0 Å². The van der Waals surface area contributed by atoms with Crippen molar-refractivity contribution < 1.29 is 24.0 Å². The van der Waals surface area contributed by atoms with Gasteiger partial charge < -0.3 is 19.7 Å². The second-order valence-corrected chi connectivity index (χ2v) is 8.65. The van der Waals surface area contributed by atoms with Crippen LogP contribution in [0.5, 0.6) is 11.5 Å². The Hall–Kier alpha value is -3.62. The monoisotopic (exact) mass is 483 g/mol. The lowest BCUT2D eigenvalue weighted by Gasteiger charge is -2.32. The third-order valence-corrected chi connectivity index (χ3v) is 6.24. The molecule has 3 rings (SSSR count). The number of carbonyl (C=O) groups is 2. The molecule has 35 heavy (non-hydrogen) atoms. The molecule has 2 aromatic carbocycles. The minimum absolute atomic E-state index is 0.0411. The molecule has 2 aromatic rings. The molecule has 9 nitrogen and oxygen atoms in total. The number of nitrogens with zero attached hydrogens (tertiary/aromatic N) is 2. The van der Waals surface area contributed by atoms with Crippen LogP contribution in [0.4, 0.5) is 5.69 Å². The minimum Gasteiger partial charge on any atom is -0.490 e. The van der Waals surface area contributed by atoms with Crippen molar-refractivity contribution >= 4 is 17.5 Å². The number of amides is 2. The highest BCUT2D eigenvalue weighted by Gasteiger charge is 2.30. The molecule has 1 saturated carbocycles. The third-order valence-electron chi connectivity index (χ3n) is 6.24. The van der Waals surface area contributed by atoms with E-state index >= 15 is 0 Å². The summed E-state index contributed by atoms with van der Waals surface area (Å²) in [5, 5.41) is 14.3. The minimum atomic E-state index is -0.639. The molecule has 1 aliphatic carbocycles. The van der Waals surface area contributed by atoms with Crippen LogP contribution in [0.15, 0.2) is 48.5 Å². The van der Waals surface area contributed by atoms with Gasteiger partial charge in [0, 0.05) is 24.7 Å². The number of benzene rings is 2. The molecule has 1 atom stereocenters. The first-order valence-electron chi connectivity index (χ1n) is 12.0. The van der Waals surface area contributed by atoms with Crippen LogP contribution >= 0.6 is 0 Å². The number of methoxy groups -OCH3 is 1. The SMILES string of the molecule is CCC(C(=O)NC1CCCCC1)N(Cc1ccccc1)C(=O)COc1ccc([N+](=O)[O-])c(OC)c1. The molecule has 9 heteroatoms. The van der Waals surface area contributed by atoms with Crippen LogP contribution in [0.2, 0.25) is 0 Å². The third kappa shape index (κ3) is 7.18. The molecule has 0 radical (unpaired) electrons. The van der Waals surface area contributed by atoms with Gasteiger partial charge in [0.2, 0.25) is 11.7 Å². The first-order chi connectivity index (χ1) is 16.9. The van der Waals surface area contributed by atoms with Gasteiger partial charge in [-0.05, 0) is 30.9 Å². The number of carbonyl (C=O) groups excluding carboxylic acids is 2. The molecule has 0 spiro atoms. The smallest absolute Gasteiger partial charge is 0.311 e. The van der Waals surface area contributed by atoms with Crippen molar-refractivity contribution in [2.45, 2.75) is 64.1 Å². The second kappa shape index (κ2) is 12.7. The van der Waals surface area contributed by atoms with Gasteiger partial charge in [0.25, 0.3) is 5.91 Å². The van der Waals surface area contributed by atoms with Gasteiger partial charge in [-0.25, -0.2) is 0 Å². The van der Waals surface area contributed by atoms with E-state index in [9.17, 15) is 19.7 Å². The average molecular weight is 484 g/mol. The van der Waals surface area contributed by atoms with E-state index in [1.54, 1.807) is 4.90 Å². The first kappa shape index (κ1) is 26.0. The fourth-order valence-electron chi connectivity index (χ4n) is 4.37. The zero-order chi connectivity index (χ0) is 25.2. The lowest BCUT2D eigenvalue weighted by molar-refractivity contribution is -0.385. The molecule has 0 saturated heterocycles. The number of nitro benzene ring substituents is 1. The maximum atomic E-state index is 13.3. The summed E-state index contributed by atoms with van der Waals surface area (Å²) >= 11 is 0. The van der Waals surface area contributed by atoms with Gasteiger partial charge in [-0.3, -0.25) is 19.7 Å². The topological polar surface area (TPSA) is 111 Å². The van der Waals surface area contributed by atoms with E-state index < -0.39 is 11.0 Å². The fraction of sp³-hybridized carbons (Fsp3) is 0.462. The molecule has 0 aliphatic heterocycles. The number of nitrogens with one attached hydrogen (secondary N) is 1. The van der Waals surface area contributed by atoms with E-state index in [0.29, 0.717) is 6.42 Å². The number of ether oxygens (including phenoxy) is 2. The highest BCUT2D eigenvalue weighted by atomic mass is 16.6. The summed E-state index contributed by atoms with van der Waals surface area (Å²) in [5.41, 5.74) is 0.712. The number of hydrogen-bond donors (Lipinski definition) is 1. The summed E-state index contributed by atoms with van der Waals surface area (Å²) in [5.74, 6) is -0.197. The van der Waals surface area contributed by atoms with Crippen molar-refractivity contribution in [2.75, 3.05) is 13.7 Å². The maximum absolute atomic E-state index is 13.3. The van der Waals surface area contributed by atoms with Gasteiger partial charge >= 0.3 is 5.69 Å². The van der Waals surface area contributed by atoms with Crippen LogP contribution in [0.1, 0.15) is 51.0 Å². The van der Waals surface area contributed by atoms with E-state index in [4.69, 9.17) is 9.47 Å². The fourth-order valence-corrected chi connectivity index (χ4v) is 4.37. The summed E-state index contributed by atoms with van der Waals surface area (Å²) in [4.78, 5) is 38.7. The molecule has 2 amide bonds. The largest absolute Gasteiger partial charge is 0.490 e. The highest BCUT2D eigenvalue weighted by Crippen LogP contribution is 2.30. The highest BCUT2D eigenvalue weighted by molar-refractivity contribution is 5.88. The summed E-state index contributed by atoms with van der Waals surface area (Å²) in [6.07, 6.45) is 5.76. The predicted octanol–water partition coefficient (Wildman–Crippen LogP) is 4.24. The van der Waals surface area contributed by atoms with Crippen LogP contribution in [0.25, 0.3) is 0 Å². The van der Waals surface area contributed by atoms with Crippen molar-refractivity contribution in [2.24, 2.45) is 0 Å². The Morgan fingerprint density at radius 1 is 1.14 bits per heavy atom. The zero-order valence-corrected chi connectivity index (χ0v) is 20.3. The molecular formula is C26H33N3O6. The second-order valence-electron chi connectivity index (χ2n) is 8.65. The lowest BCUT2D eigenvalue weighted by Crippen LogP contribution is -2.52. The Labute approximate surface area is 205 Å². The molecule has 188 valence electrons. The Bertz CT molecular complexity index is 1010. The van der Waals surface area contributed by atoms with Crippen molar-refractivity contribution in [3.05, 3.63) is 64.2 Å². The van der Waals surface area contributed by atoms with E-state index in [1.807, 2.05) is 37.3 Å². The lowest BCUT2D eigenvalue weighted by atomic mass is 9.95. The quantitative estimate of drug-likeness (QED) is 0.378. The van der Waals surface area contributed by atoms with Crippen LogP contribution in [-0.4, -0.2) is 47.4 Å². The normalized spacial score (nSPS) is 14.6.